The quantitative estimate of drug-likeness (QED) is 0.561. The Bertz CT molecular complexity index is 1180. The number of hydrogen-bond donors (Lipinski definition) is 3. The van der Waals surface area contributed by atoms with Crippen molar-refractivity contribution < 1.29 is 15.0 Å². The van der Waals surface area contributed by atoms with Crippen LogP contribution in [0, 0.1) is 17.8 Å². The Labute approximate surface area is 174 Å². The lowest BCUT2D eigenvalue weighted by molar-refractivity contribution is -0.0754. The number of likely N-dealkylation sites (N-methyl/N-ethyl adjacent to an activating group) is 1. The summed E-state index contributed by atoms with van der Waals surface area (Å²) in [6, 6.07) is 12.9. The second-order valence-corrected chi connectivity index (χ2v) is 7.83. The zero-order chi connectivity index (χ0) is 21.6. The normalized spacial score (nSPS) is 26.5. The van der Waals surface area contributed by atoms with E-state index in [-0.39, 0.29) is 17.8 Å². The molecule has 1 fully saturated rings. The molecular formula is C23H24N4O3. The van der Waals surface area contributed by atoms with E-state index in [1.165, 1.54) is 0 Å². The molecule has 1 aliphatic rings. The molecule has 30 heavy (non-hydrogen) atoms. The number of aromatic nitrogens is 2. The van der Waals surface area contributed by atoms with Crippen LogP contribution < -0.4 is 5.73 Å². The van der Waals surface area contributed by atoms with Crippen molar-refractivity contribution in [2.24, 2.45) is 11.7 Å². The van der Waals surface area contributed by atoms with Crippen LogP contribution in [0.1, 0.15) is 30.0 Å². The van der Waals surface area contributed by atoms with Gasteiger partial charge in [-0.1, -0.05) is 37.0 Å². The Balaban J connectivity index is 1.75. The molecule has 1 aromatic carbocycles. The standard InChI is InChI=1S/C23H24N4O3/c1-14-15(2)26(3)22(29)23(14,30)11-10-16-7-6-8-17(13-16)19-18-9-4-5-12-27(18)21(25-19)20(24)28/h4-9,12-15,22,29-30H,1-3H3,(H2,24,28)/t14-,15+,22?,23-/m1/s1. The number of carbonyl (C=O) groups excluding carboxylic acids is 1. The van der Waals surface area contributed by atoms with Gasteiger partial charge in [0.1, 0.15) is 6.23 Å². The van der Waals surface area contributed by atoms with E-state index in [0.29, 0.717) is 11.3 Å². The third-order valence-corrected chi connectivity index (χ3v) is 6.15. The Hall–Kier alpha value is -3.18. The lowest BCUT2D eigenvalue weighted by Crippen LogP contribution is -2.44. The van der Waals surface area contributed by atoms with Crippen molar-refractivity contribution in [2.75, 3.05) is 7.05 Å². The maximum Gasteiger partial charge on any atom is 0.285 e. The summed E-state index contributed by atoms with van der Waals surface area (Å²) in [5, 5.41) is 21.4. The summed E-state index contributed by atoms with van der Waals surface area (Å²) in [7, 11) is 1.77. The molecule has 4 atom stereocenters. The number of carbonyl (C=O) groups is 1. The molecule has 3 heterocycles. The summed E-state index contributed by atoms with van der Waals surface area (Å²) in [5.41, 5.74) is 6.77. The summed E-state index contributed by atoms with van der Waals surface area (Å²) >= 11 is 0. The van der Waals surface area contributed by atoms with E-state index >= 15 is 0 Å². The van der Waals surface area contributed by atoms with Gasteiger partial charge in [0.15, 0.2) is 5.60 Å². The molecule has 4 rings (SSSR count). The summed E-state index contributed by atoms with van der Waals surface area (Å²) in [6.07, 6.45) is 0.680. The van der Waals surface area contributed by atoms with Gasteiger partial charge >= 0.3 is 0 Å². The number of aliphatic hydroxyl groups is 2. The molecule has 1 aliphatic heterocycles. The van der Waals surface area contributed by atoms with E-state index in [9.17, 15) is 15.0 Å². The first-order valence-electron chi connectivity index (χ1n) is 9.77. The Morgan fingerprint density at radius 1 is 1.23 bits per heavy atom. The number of pyridine rings is 1. The Morgan fingerprint density at radius 3 is 2.67 bits per heavy atom. The van der Waals surface area contributed by atoms with Gasteiger partial charge in [-0.25, -0.2) is 4.98 Å². The van der Waals surface area contributed by atoms with Crippen molar-refractivity contribution in [1.29, 1.82) is 0 Å². The van der Waals surface area contributed by atoms with Crippen LogP contribution in [-0.2, 0) is 0 Å². The number of primary amides is 1. The van der Waals surface area contributed by atoms with Crippen LogP contribution in [0.25, 0.3) is 16.8 Å². The van der Waals surface area contributed by atoms with Gasteiger partial charge in [0.25, 0.3) is 5.91 Å². The van der Waals surface area contributed by atoms with E-state index in [1.807, 2.05) is 50.2 Å². The molecule has 1 unspecified atom stereocenters. The molecule has 0 spiro atoms. The molecule has 0 aliphatic carbocycles. The summed E-state index contributed by atoms with van der Waals surface area (Å²) in [4.78, 5) is 17.9. The highest BCUT2D eigenvalue weighted by molar-refractivity contribution is 5.93. The number of likely N-dealkylation sites (tertiary alicyclic amines) is 1. The van der Waals surface area contributed by atoms with Crippen molar-refractivity contribution in [2.45, 2.75) is 31.7 Å². The van der Waals surface area contributed by atoms with E-state index in [4.69, 9.17) is 5.73 Å². The largest absolute Gasteiger partial charge is 0.374 e. The second kappa shape index (κ2) is 7.26. The van der Waals surface area contributed by atoms with Gasteiger partial charge in [0, 0.05) is 29.3 Å². The molecule has 7 nitrogen and oxygen atoms in total. The molecule has 0 saturated carbocycles. The first-order valence-corrected chi connectivity index (χ1v) is 9.77. The van der Waals surface area contributed by atoms with Crippen LogP contribution in [-0.4, -0.2) is 55.3 Å². The third-order valence-electron chi connectivity index (χ3n) is 6.15. The zero-order valence-electron chi connectivity index (χ0n) is 17.1. The number of fused-ring (bicyclic) bond motifs is 1. The number of rotatable bonds is 2. The maximum atomic E-state index is 11.8. The summed E-state index contributed by atoms with van der Waals surface area (Å²) in [6.45, 7) is 3.83. The lowest BCUT2D eigenvalue weighted by Gasteiger charge is -2.25. The number of nitrogens with zero attached hydrogens (tertiary/aromatic N) is 3. The van der Waals surface area contributed by atoms with Crippen molar-refractivity contribution >= 4 is 11.4 Å². The van der Waals surface area contributed by atoms with Gasteiger partial charge in [-0.05, 0) is 38.2 Å². The Morgan fingerprint density at radius 2 is 2.00 bits per heavy atom. The minimum atomic E-state index is -1.52. The topological polar surface area (TPSA) is 104 Å². The van der Waals surface area contributed by atoms with Gasteiger partial charge in [0.2, 0.25) is 5.82 Å². The molecule has 4 N–H and O–H groups in total. The predicted octanol–water partition coefficient (Wildman–Crippen LogP) is 1.47. The van der Waals surface area contributed by atoms with Gasteiger partial charge in [-0.3, -0.25) is 14.1 Å². The molecule has 154 valence electrons. The van der Waals surface area contributed by atoms with Crippen molar-refractivity contribution in [3.05, 3.63) is 60.0 Å². The second-order valence-electron chi connectivity index (χ2n) is 7.83. The lowest BCUT2D eigenvalue weighted by atomic mass is 9.88. The van der Waals surface area contributed by atoms with Gasteiger partial charge in [-0.2, -0.15) is 0 Å². The fraction of sp³-hybridized carbons (Fsp3) is 0.304. The average molecular weight is 404 g/mol. The summed E-state index contributed by atoms with van der Waals surface area (Å²) in [5.74, 6) is 5.22. The minimum absolute atomic E-state index is 0.00485. The van der Waals surface area contributed by atoms with E-state index in [0.717, 1.165) is 11.1 Å². The fourth-order valence-corrected chi connectivity index (χ4v) is 4.01. The SMILES string of the molecule is C[C@@H]1[C@H](C)N(C)C(O)[C@@]1(O)C#Cc1cccc(-c2nc(C(N)=O)n3ccccc23)c1. The van der Waals surface area contributed by atoms with Crippen LogP contribution >= 0.6 is 0 Å². The molecule has 0 radical (unpaired) electrons. The number of amides is 1. The van der Waals surface area contributed by atoms with Crippen molar-refractivity contribution in [1.82, 2.24) is 14.3 Å². The number of aliphatic hydroxyl groups excluding tert-OH is 1. The summed E-state index contributed by atoms with van der Waals surface area (Å²) < 4.78 is 1.66. The molecule has 2 aromatic heterocycles. The van der Waals surface area contributed by atoms with E-state index in [1.54, 1.807) is 28.6 Å². The van der Waals surface area contributed by atoms with Crippen LogP contribution in [0.3, 0.4) is 0 Å². The van der Waals surface area contributed by atoms with Crippen LogP contribution in [0.15, 0.2) is 48.7 Å². The smallest absolute Gasteiger partial charge is 0.285 e. The van der Waals surface area contributed by atoms with Crippen LogP contribution in [0.5, 0.6) is 0 Å². The van der Waals surface area contributed by atoms with Crippen molar-refractivity contribution in [3.63, 3.8) is 0 Å². The first kappa shape index (κ1) is 20.1. The first-order chi connectivity index (χ1) is 14.2. The molecule has 7 heteroatoms. The number of hydrogen-bond acceptors (Lipinski definition) is 5. The highest BCUT2D eigenvalue weighted by Gasteiger charge is 2.52. The monoisotopic (exact) mass is 404 g/mol. The minimum Gasteiger partial charge on any atom is -0.374 e. The van der Waals surface area contributed by atoms with Gasteiger partial charge < -0.3 is 15.9 Å². The average Bonchev–Trinajstić information content (AvgIpc) is 3.21. The molecule has 1 amide bonds. The van der Waals surface area contributed by atoms with Crippen LogP contribution in [0.2, 0.25) is 0 Å². The highest BCUT2D eigenvalue weighted by Crippen LogP contribution is 2.36. The fourth-order valence-electron chi connectivity index (χ4n) is 4.01. The molecular weight excluding hydrogens is 380 g/mol. The Kier molecular flexibility index (Phi) is 4.86. The van der Waals surface area contributed by atoms with Crippen molar-refractivity contribution in [3.8, 4) is 23.1 Å². The highest BCUT2D eigenvalue weighted by atomic mass is 16.4. The van der Waals surface area contributed by atoms with Gasteiger partial charge in [-0.15, -0.1) is 0 Å². The maximum absolute atomic E-state index is 11.8. The molecule has 1 saturated heterocycles. The number of benzene rings is 1. The third kappa shape index (κ3) is 3.06. The molecule has 0 bridgehead atoms. The van der Waals surface area contributed by atoms with E-state index in [2.05, 4.69) is 16.8 Å². The van der Waals surface area contributed by atoms with Gasteiger partial charge in [0.05, 0.1) is 11.2 Å². The zero-order valence-corrected chi connectivity index (χ0v) is 17.1. The number of nitrogens with two attached hydrogens (primary N) is 1. The van der Waals surface area contributed by atoms with E-state index < -0.39 is 17.7 Å². The molecule has 3 aromatic rings. The number of imidazole rings is 1. The predicted molar refractivity (Wildman–Crippen MR) is 113 cm³/mol. The van der Waals surface area contributed by atoms with Crippen LogP contribution in [0.4, 0.5) is 0 Å².